The molecule has 0 amide bonds. The lowest BCUT2D eigenvalue weighted by Gasteiger charge is -2.12. The van der Waals surface area contributed by atoms with Crippen molar-refractivity contribution < 1.29 is 5.11 Å². The molecule has 4 heteroatoms. The average molecular weight is 245 g/mol. The third-order valence-corrected chi connectivity index (χ3v) is 2.87. The molecule has 0 saturated carbocycles. The van der Waals surface area contributed by atoms with Crippen LogP contribution in [-0.4, -0.2) is 14.7 Å². The third-order valence-electron chi connectivity index (χ3n) is 2.87. The molecule has 0 fully saturated rings. The van der Waals surface area contributed by atoms with Crippen molar-refractivity contribution in [2.75, 3.05) is 0 Å². The molecule has 0 aliphatic rings. The van der Waals surface area contributed by atoms with Crippen LogP contribution in [0, 0.1) is 0 Å². The molecule has 0 unspecified atom stereocenters. The van der Waals surface area contributed by atoms with Gasteiger partial charge in [-0.2, -0.15) is 0 Å². The van der Waals surface area contributed by atoms with Gasteiger partial charge < -0.3 is 15.0 Å². The van der Waals surface area contributed by atoms with E-state index in [1.54, 1.807) is 12.1 Å². The summed E-state index contributed by atoms with van der Waals surface area (Å²) in [6, 6.07) is 7.67. The standard InChI is InChI=1S/C14H19N3O/c1-11(2)17-10-16-9-13(17)8-15-7-12-3-5-14(18)6-4-12/h3-6,9-11,15,18H,7-8H2,1-2H3. The van der Waals surface area contributed by atoms with Crippen LogP contribution in [0.3, 0.4) is 0 Å². The topological polar surface area (TPSA) is 50.1 Å². The molecule has 2 rings (SSSR count). The van der Waals surface area contributed by atoms with Crippen LogP contribution in [0.25, 0.3) is 0 Å². The van der Waals surface area contributed by atoms with Crippen LogP contribution in [0.2, 0.25) is 0 Å². The number of phenols is 1. The summed E-state index contributed by atoms with van der Waals surface area (Å²) < 4.78 is 2.16. The zero-order chi connectivity index (χ0) is 13.0. The van der Waals surface area contributed by atoms with Gasteiger partial charge in [0.25, 0.3) is 0 Å². The van der Waals surface area contributed by atoms with Gasteiger partial charge >= 0.3 is 0 Å². The van der Waals surface area contributed by atoms with E-state index in [9.17, 15) is 5.11 Å². The lowest BCUT2D eigenvalue weighted by atomic mass is 10.2. The zero-order valence-corrected chi connectivity index (χ0v) is 10.8. The second-order valence-electron chi connectivity index (χ2n) is 4.66. The molecular weight excluding hydrogens is 226 g/mol. The second kappa shape index (κ2) is 5.69. The van der Waals surface area contributed by atoms with Crippen LogP contribution < -0.4 is 5.32 Å². The molecule has 0 aliphatic carbocycles. The molecule has 1 aromatic heterocycles. The minimum absolute atomic E-state index is 0.302. The third kappa shape index (κ3) is 3.11. The Bertz CT molecular complexity index is 488. The van der Waals surface area contributed by atoms with Crippen molar-refractivity contribution in [2.24, 2.45) is 0 Å². The summed E-state index contributed by atoms with van der Waals surface area (Å²) in [6.07, 6.45) is 3.76. The minimum atomic E-state index is 0.302. The first kappa shape index (κ1) is 12.6. The zero-order valence-electron chi connectivity index (χ0n) is 10.8. The van der Waals surface area contributed by atoms with Crippen molar-refractivity contribution in [3.63, 3.8) is 0 Å². The summed E-state index contributed by atoms with van der Waals surface area (Å²) in [4.78, 5) is 4.17. The largest absolute Gasteiger partial charge is 0.508 e. The quantitative estimate of drug-likeness (QED) is 0.850. The molecule has 0 saturated heterocycles. The Morgan fingerprint density at radius 1 is 1.22 bits per heavy atom. The second-order valence-corrected chi connectivity index (χ2v) is 4.66. The highest BCUT2D eigenvalue weighted by Gasteiger charge is 2.04. The van der Waals surface area contributed by atoms with Gasteiger partial charge in [0.1, 0.15) is 5.75 Å². The Labute approximate surface area is 107 Å². The molecule has 0 atom stereocenters. The predicted molar refractivity (Wildman–Crippen MR) is 71.3 cm³/mol. The monoisotopic (exact) mass is 245 g/mol. The van der Waals surface area contributed by atoms with Gasteiger partial charge in [0.15, 0.2) is 0 Å². The van der Waals surface area contributed by atoms with E-state index in [1.165, 1.54) is 5.69 Å². The number of rotatable bonds is 5. The molecular formula is C14H19N3O. The summed E-state index contributed by atoms with van der Waals surface area (Å²) in [5.74, 6) is 0.302. The molecule has 2 N–H and O–H groups in total. The van der Waals surface area contributed by atoms with Crippen LogP contribution in [0.4, 0.5) is 0 Å². The van der Waals surface area contributed by atoms with E-state index in [0.717, 1.165) is 18.7 Å². The SMILES string of the molecule is CC(C)n1cncc1CNCc1ccc(O)cc1. The lowest BCUT2D eigenvalue weighted by Crippen LogP contribution is -2.16. The fraction of sp³-hybridized carbons (Fsp3) is 0.357. The molecule has 96 valence electrons. The first-order valence-corrected chi connectivity index (χ1v) is 6.16. The summed E-state index contributed by atoms with van der Waals surface area (Å²) in [5, 5.41) is 12.6. The highest BCUT2D eigenvalue weighted by atomic mass is 16.3. The first-order valence-electron chi connectivity index (χ1n) is 6.16. The Morgan fingerprint density at radius 3 is 2.61 bits per heavy atom. The van der Waals surface area contributed by atoms with Crippen molar-refractivity contribution >= 4 is 0 Å². The number of hydrogen-bond donors (Lipinski definition) is 2. The molecule has 0 aliphatic heterocycles. The van der Waals surface area contributed by atoms with Gasteiger partial charge in [-0.1, -0.05) is 12.1 Å². The van der Waals surface area contributed by atoms with Crippen molar-refractivity contribution in [2.45, 2.75) is 33.0 Å². The summed E-state index contributed by atoms with van der Waals surface area (Å²) in [7, 11) is 0. The van der Waals surface area contributed by atoms with Crippen molar-refractivity contribution in [3.8, 4) is 5.75 Å². The average Bonchev–Trinajstić information content (AvgIpc) is 2.80. The normalized spacial score (nSPS) is 11.1. The van der Waals surface area contributed by atoms with E-state index in [0.29, 0.717) is 11.8 Å². The number of aromatic hydroxyl groups is 1. The molecule has 1 aromatic carbocycles. The fourth-order valence-corrected chi connectivity index (χ4v) is 1.88. The van der Waals surface area contributed by atoms with Crippen LogP contribution in [-0.2, 0) is 13.1 Å². The van der Waals surface area contributed by atoms with Crippen LogP contribution >= 0.6 is 0 Å². The lowest BCUT2D eigenvalue weighted by molar-refractivity contribution is 0.475. The van der Waals surface area contributed by atoms with Gasteiger partial charge in [0.05, 0.1) is 12.0 Å². The van der Waals surface area contributed by atoms with Crippen LogP contribution in [0.5, 0.6) is 5.75 Å². The molecule has 2 aromatic rings. The maximum atomic E-state index is 9.20. The van der Waals surface area contributed by atoms with E-state index < -0.39 is 0 Å². The molecule has 0 spiro atoms. The maximum absolute atomic E-state index is 9.20. The van der Waals surface area contributed by atoms with Gasteiger partial charge in [-0.3, -0.25) is 0 Å². The minimum Gasteiger partial charge on any atom is -0.508 e. The molecule has 18 heavy (non-hydrogen) atoms. The van der Waals surface area contributed by atoms with Gasteiger partial charge in [-0.15, -0.1) is 0 Å². The number of nitrogens with one attached hydrogen (secondary N) is 1. The summed E-state index contributed by atoms with van der Waals surface area (Å²) in [5.41, 5.74) is 2.34. The Morgan fingerprint density at radius 2 is 1.94 bits per heavy atom. The van der Waals surface area contributed by atoms with Gasteiger partial charge in [-0.05, 0) is 31.5 Å². The van der Waals surface area contributed by atoms with Gasteiger partial charge in [0, 0.05) is 25.3 Å². The summed E-state index contributed by atoms with van der Waals surface area (Å²) in [6.45, 7) is 5.86. The number of aromatic nitrogens is 2. The number of hydrogen-bond acceptors (Lipinski definition) is 3. The Kier molecular flexibility index (Phi) is 3.99. The number of benzene rings is 1. The van der Waals surface area contributed by atoms with E-state index >= 15 is 0 Å². The smallest absolute Gasteiger partial charge is 0.115 e. The number of imidazole rings is 1. The highest BCUT2D eigenvalue weighted by molar-refractivity contribution is 5.25. The molecule has 4 nitrogen and oxygen atoms in total. The number of nitrogens with zero attached hydrogens (tertiary/aromatic N) is 2. The van der Waals surface area contributed by atoms with Gasteiger partial charge in [0.2, 0.25) is 0 Å². The van der Waals surface area contributed by atoms with E-state index in [4.69, 9.17) is 0 Å². The van der Waals surface area contributed by atoms with Crippen LogP contribution in [0.1, 0.15) is 31.1 Å². The first-order chi connectivity index (χ1) is 8.66. The van der Waals surface area contributed by atoms with Crippen molar-refractivity contribution in [1.82, 2.24) is 14.9 Å². The van der Waals surface area contributed by atoms with E-state index in [-0.39, 0.29) is 0 Å². The molecule has 0 bridgehead atoms. The van der Waals surface area contributed by atoms with E-state index in [1.807, 2.05) is 24.7 Å². The maximum Gasteiger partial charge on any atom is 0.115 e. The van der Waals surface area contributed by atoms with Crippen molar-refractivity contribution in [3.05, 3.63) is 48.0 Å². The molecule has 1 heterocycles. The van der Waals surface area contributed by atoms with Crippen LogP contribution in [0.15, 0.2) is 36.8 Å². The molecule has 0 radical (unpaired) electrons. The van der Waals surface area contributed by atoms with Crippen molar-refractivity contribution in [1.29, 1.82) is 0 Å². The predicted octanol–water partition coefficient (Wildman–Crippen LogP) is 2.46. The highest BCUT2D eigenvalue weighted by Crippen LogP contribution is 2.11. The van der Waals surface area contributed by atoms with Gasteiger partial charge in [-0.25, -0.2) is 4.98 Å². The Balaban J connectivity index is 1.88. The number of phenolic OH excluding ortho intramolecular Hbond substituents is 1. The Hall–Kier alpha value is -1.81. The fourth-order valence-electron chi connectivity index (χ4n) is 1.88. The summed E-state index contributed by atoms with van der Waals surface area (Å²) >= 11 is 0. The van der Waals surface area contributed by atoms with E-state index in [2.05, 4.69) is 28.7 Å².